The van der Waals surface area contributed by atoms with Crippen LogP contribution in [0, 0.1) is 6.92 Å². The summed E-state index contributed by atoms with van der Waals surface area (Å²) in [4.78, 5) is 21.3. The first-order valence-corrected chi connectivity index (χ1v) is 4.68. The minimum atomic E-state index is -1.68. The Labute approximate surface area is 92.5 Å². The van der Waals surface area contributed by atoms with E-state index < -0.39 is 18.1 Å². The van der Waals surface area contributed by atoms with E-state index in [0.717, 1.165) is 0 Å². The molecule has 0 aliphatic rings. The molecule has 0 saturated heterocycles. The van der Waals surface area contributed by atoms with Crippen molar-refractivity contribution in [3.8, 4) is 0 Å². The zero-order chi connectivity index (χ0) is 12.3. The number of aryl methyl sites for hydroxylation is 1. The summed E-state index contributed by atoms with van der Waals surface area (Å²) in [5, 5.41) is 19.0. The van der Waals surface area contributed by atoms with Crippen LogP contribution in [-0.4, -0.2) is 28.5 Å². The minimum Gasteiger partial charge on any atom is -0.385 e. The Hall–Kier alpha value is -1.72. The van der Waals surface area contributed by atoms with Crippen LogP contribution in [0.4, 0.5) is 0 Å². The van der Waals surface area contributed by atoms with E-state index in [1.54, 1.807) is 19.1 Å². The smallest absolute Gasteiger partial charge is 0.249 e. The van der Waals surface area contributed by atoms with Gasteiger partial charge in [0.15, 0.2) is 6.10 Å². The van der Waals surface area contributed by atoms with Crippen molar-refractivity contribution in [2.45, 2.75) is 19.1 Å². The van der Waals surface area contributed by atoms with E-state index in [-0.39, 0.29) is 0 Å². The molecule has 0 bridgehead atoms. The number of aliphatic hydroxyl groups excluding tert-OH is 2. The number of amides is 1. The van der Waals surface area contributed by atoms with Gasteiger partial charge in [-0.25, -0.2) is 0 Å². The molecular formula is C11H13NO4. The summed E-state index contributed by atoms with van der Waals surface area (Å²) in [7, 11) is 0. The number of hydrogen-bond acceptors (Lipinski definition) is 4. The first-order valence-electron chi connectivity index (χ1n) is 4.68. The molecule has 0 spiro atoms. The largest absolute Gasteiger partial charge is 0.385 e. The van der Waals surface area contributed by atoms with Crippen molar-refractivity contribution in [3.05, 3.63) is 34.9 Å². The van der Waals surface area contributed by atoms with E-state index in [4.69, 9.17) is 5.73 Å². The molecule has 1 amide bonds. The summed E-state index contributed by atoms with van der Waals surface area (Å²) in [6.07, 6.45) is -2.48. The summed E-state index contributed by atoms with van der Waals surface area (Å²) in [5.41, 5.74) is 6.21. The first-order chi connectivity index (χ1) is 7.47. The van der Waals surface area contributed by atoms with Crippen LogP contribution in [0.15, 0.2) is 18.2 Å². The average Bonchev–Trinajstić information content (AvgIpc) is 2.27. The molecule has 2 unspecified atom stereocenters. The highest BCUT2D eigenvalue weighted by Gasteiger charge is 2.24. The molecule has 1 aromatic carbocycles. The summed E-state index contributed by atoms with van der Waals surface area (Å²) in [6, 6.07) is 4.62. The Morgan fingerprint density at radius 3 is 2.56 bits per heavy atom. The lowest BCUT2D eigenvalue weighted by Crippen LogP contribution is -2.34. The van der Waals surface area contributed by atoms with Gasteiger partial charge in [0, 0.05) is 5.56 Å². The van der Waals surface area contributed by atoms with Gasteiger partial charge in [0.05, 0.1) is 0 Å². The maximum Gasteiger partial charge on any atom is 0.249 e. The lowest BCUT2D eigenvalue weighted by molar-refractivity contribution is -0.132. The van der Waals surface area contributed by atoms with Gasteiger partial charge < -0.3 is 15.9 Å². The zero-order valence-electron chi connectivity index (χ0n) is 8.75. The van der Waals surface area contributed by atoms with E-state index in [9.17, 15) is 19.8 Å². The van der Waals surface area contributed by atoms with Gasteiger partial charge in [-0.1, -0.05) is 12.1 Å². The number of carbonyl (C=O) groups excluding carboxylic acids is 2. The molecule has 1 rings (SSSR count). The van der Waals surface area contributed by atoms with Crippen LogP contribution in [-0.2, 0) is 4.79 Å². The number of aldehydes is 1. The van der Waals surface area contributed by atoms with Crippen LogP contribution in [0.25, 0.3) is 0 Å². The zero-order valence-corrected chi connectivity index (χ0v) is 8.75. The molecule has 0 fully saturated rings. The fourth-order valence-electron chi connectivity index (χ4n) is 1.38. The molecule has 86 valence electrons. The minimum absolute atomic E-state index is 0.316. The highest BCUT2D eigenvalue weighted by atomic mass is 16.3. The van der Waals surface area contributed by atoms with Crippen molar-refractivity contribution in [2.75, 3.05) is 0 Å². The predicted molar refractivity (Wildman–Crippen MR) is 56.7 cm³/mol. The third-order valence-electron chi connectivity index (χ3n) is 2.35. The molecule has 5 heteroatoms. The molecule has 16 heavy (non-hydrogen) atoms. The van der Waals surface area contributed by atoms with Crippen molar-refractivity contribution in [1.82, 2.24) is 0 Å². The van der Waals surface area contributed by atoms with E-state index in [2.05, 4.69) is 0 Å². The summed E-state index contributed by atoms with van der Waals surface area (Å²) in [6.45, 7) is 1.70. The first kappa shape index (κ1) is 12.4. The van der Waals surface area contributed by atoms with Crippen molar-refractivity contribution in [1.29, 1.82) is 0 Å². The normalized spacial score (nSPS) is 14.2. The molecule has 0 aliphatic carbocycles. The van der Waals surface area contributed by atoms with Crippen LogP contribution in [0.2, 0.25) is 0 Å². The van der Waals surface area contributed by atoms with Crippen molar-refractivity contribution in [2.24, 2.45) is 5.73 Å². The molecule has 0 aliphatic heterocycles. The van der Waals surface area contributed by atoms with Gasteiger partial charge in [-0.15, -0.1) is 0 Å². The van der Waals surface area contributed by atoms with Gasteiger partial charge in [-0.3, -0.25) is 9.59 Å². The van der Waals surface area contributed by atoms with Crippen LogP contribution < -0.4 is 5.73 Å². The fourth-order valence-corrected chi connectivity index (χ4v) is 1.38. The van der Waals surface area contributed by atoms with Crippen LogP contribution in [0.1, 0.15) is 27.6 Å². The molecule has 2 atom stereocenters. The Morgan fingerprint density at radius 1 is 1.44 bits per heavy atom. The van der Waals surface area contributed by atoms with Crippen molar-refractivity contribution in [3.63, 3.8) is 0 Å². The number of aliphatic hydroxyl groups is 2. The molecule has 4 N–H and O–H groups in total. The summed E-state index contributed by atoms with van der Waals surface area (Å²) >= 11 is 0. The van der Waals surface area contributed by atoms with Crippen LogP contribution in [0.3, 0.4) is 0 Å². The summed E-state index contributed by atoms with van der Waals surface area (Å²) < 4.78 is 0. The monoisotopic (exact) mass is 223 g/mol. The van der Waals surface area contributed by atoms with E-state index >= 15 is 0 Å². The van der Waals surface area contributed by atoms with Crippen LogP contribution >= 0.6 is 0 Å². The lowest BCUT2D eigenvalue weighted by atomic mass is 9.97. The Balaban J connectivity index is 3.11. The molecule has 1 aromatic rings. The second-order valence-corrected chi connectivity index (χ2v) is 3.53. The number of rotatable bonds is 4. The van der Waals surface area contributed by atoms with Crippen LogP contribution in [0.5, 0.6) is 0 Å². The second-order valence-electron chi connectivity index (χ2n) is 3.53. The quantitative estimate of drug-likeness (QED) is 0.609. The maximum atomic E-state index is 10.7. The molecule has 0 saturated carbocycles. The topological polar surface area (TPSA) is 101 Å². The van der Waals surface area contributed by atoms with E-state index in [1.807, 2.05) is 0 Å². The Morgan fingerprint density at radius 2 is 2.06 bits per heavy atom. The number of carbonyl (C=O) groups is 2. The maximum absolute atomic E-state index is 10.7. The fraction of sp³-hybridized carbons (Fsp3) is 0.273. The molecule has 0 radical (unpaired) electrons. The Bertz CT molecular complexity index is 416. The van der Waals surface area contributed by atoms with Gasteiger partial charge in [0.25, 0.3) is 0 Å². The number of hydrogen-bond donors (Lipinski definition) is 3. The average molecular weight is 223 g/mol. The standard InChI is InChI=1S/C11H13NO4/c1-6-2-3-7(5-13)4-8(6)9(14)10(15)11(12)16/h2-5,9-10,14-15H,1H3,(H2,12,16). The number of primary amides is 1. The third-order valence-corrected chi connectivity index (χ3v) is 2.35. The van der Waals surface area contributed by atoms with Crippen molar-refractivity contribution < 1.29 is 19.8 Å². The van der Waals surface area contributed by atoms with Crippen molar-refractivity contribution >= 4 is 12.2 Å². The molecule has 0 aromatic heterocycles. The Kier molecular flexibility index (Phi) is 3.76. The van der Waals surface area contributed by atoms with E-state index in [0.29, 0.717) is 23.0 Å². The van der Waals surface area contributed by atoms with E-state index in [1.165, 1.54) is 6.07 Å². The lowest BCUT2D eigenvalue weighted by Gasteiger charge is -2.17. The third kappa shape index (κ3) is 2.44. The molecular weight excluding hydrogens is 210 g/mol. The molecule has 0 heterocycles. The second kappa shape index (κ2) is 4.87. The molecule has 5 nitrogen and oxygen atoms in total. The summed E-state index contributed by atoms with van der Waals surface area (Å²) in [5.74, 6) is -1.01. The van der Waals surface area contributed by atoms with Gasteiger partial charge in [-0.2, -0.15) is 0 Å². The number of nitrogens with two attached hydrogens (primary N) is 1. The van der Waals surface area contributed by atoms with Gasteiger partial charge in [0.2, 0.25) is 5.91 Å². The SMILES string of the molecule is Cc1ccc(C=O)cc1C(O)C(O)C(N)=O. The van der Waals surface area contributed by atoms with Gasteiger partial charge in [0.1, 0.15) is 12.4 Å². The van der Waals surface area contributed by atoms with Gasteiger partial charge in [-0.05, 0) is 24.1 Å². The van der Waals surface area contributed by atoms with Gasteiger partial charge >= 0.3 is 0 Å². The number of benzene rings is 1. The highest BCUT2D eigenvalue weighted by Crippen LogP contribution is 2.21. The predicted octanol–water partition coefficient (Wildman–Crippen LogP) is -0.313. The highest BCUT2D eigenvalue weighted by molar-refractivity contribution is 5.80.